The van der Waals surface area contributed by atoms with Gasteiger partial charge in [-0.05, 0) is 60.6 Å². The molecule has 0 saturated heterocycles. The molecule has 0 aromatic heterocycles. The number of halogens is 1. The van der Waals surface area contributed by atoms with Crippen LogP contribution in [0.3, 0.4) is 0 Å². The molecule has 1 unspecified atom stereocenters. The Hall–Kier alpha value is -0.453. The summed E-state index contributed by atoms with van der Waals surface area (Å²) < 4.78 is 6.32. The fourth-order valence-corrected chi connectivity index (χ4v) is 3.87. The summed E-state index contributed by atoms with van der Waals surface area (Å²) in [5, 5.41) is -0.101. The molecule has 0 fully saturated rings. The highest BCUT2D eigenvalue weighted by Gasteiger charge is 2.40. The zero-order valence-corrected chi connectivity index (χ0v) is 17.0. The van der Waals surface area contributed by atoms with E-state index >= 15 is 0 Å². The largest absolute Gasteiger partial charge is 0.410 e. The summed E-state index contributed by atoms with van der Waals surface area (Å²) in [6, 6.07) is 0. The van der Waals surface area contributed by atoms with Gasteiger partial charge < -0.3 is 4.43 Å². The fourth-order valence-electron chi connectivity index (χ4n) is 2.48. The van der Waals surface area contributed by atoms with E-state index in [1.54, 1.807) is 0 Å². The summed E-state index contributed by atoms with van der Waals surface area (Å²) in [6.45, 7) is 11.1. The molecule has 0 saturated carbocycles. The molecule has 0 aromatic rings. The summed E-state index contributed by atoms with van der Waals surface area (Å²) in [5.74, 6) is 0.240. The maximum absolute atomic E-state index is 12.1. The van der Waals surface area contributed by atoms with Crippen molar-refractivity contribution in [3.05, 3.63) is 11.6 Å². The maximum Gasteiger partial charge on any atom is 0.221 e. The Morgan fingerprint density at radius 1 is 1.26 bits per heavy atom. The molecule has 0 bridgehead atoms. The van der Waals surface area contributed by atoms with E-state index in [1.165, 1.54) is 0 Å². The Bertz CT molecular complexity index is 463. The first kappa shape index (κ1) is 20.6. The van der Waals surface area contributed by atoms with Gasteiger partial charge in [0.15, 0.2) is 14.1 Å². The number of hydrogen-bond donors (Lipinski definition) is 0. The minimum Gasteiger partial charge on any atom is -0.410 e. The first-order valence-electron chi connectivity index (χ1n) is 8.63. The van der Waals surface area contributed by atoms with Crippen molar-refractivity contribution in [1.29, 1.82) is 0 Å². The monoisotopic (exact) mass is 358 g/mol. The number of carbonyl (C=O) groups excluding carboxylic acids is 2. The van der Waals surface area contributed by atoms with Crippen LogP contribution in [0.2, 0.25) is 18.1 Å². The Morgan fingerprint density at radius 2 is 1.87 bits per heavy atom. The lowest BCUT2D eigenvalue weighted by Crippen LogP contribution is -2.43. The third kappa shape index (κ3) is 6.90. The molecule has 0 amide bonds. The van der Waals surface area contributed by atoms with Gasteiger partial charge in [0.2, 0.25) is 5.24 Å². The van der Waals surface area contributed by atoms with Gasteiger partial charge in [0.1, 0.15) is 0 Å². The Balaban J connectivity index is 2.39. The normalized spacial score (nSPS) is 19.1. The Labute approximate surface area is 146 Å². The lowest BCUT2D eigenvalue weighted by molar-refractivity contribution is -0.116. The van der Waals surface area contributed by atoms with Crippen LogP contribution >= 0.6 is 11.6 Å². The number of ketones is 1. The van der Waals surface area contributed by atoms with E-state index < -0.39 is 8.32 Å². The summed E-state index contributed by atoms with van der Waals surface area (Å²) in [5.41, 5.74) is 0.933. The number of Topliss-reactive ketones (excluding diaryl/α,β-unsaturated/α-hetero) is 1. The predicted octanol–water partition coefficient (Wildman–Crippen LogP) is 5.38. The van der Waals surface area contributed by atoms with Crippen molar-refractivity contribution < 1.29 is 14.0 Å². The molecule has 0 radical (unpaired) electrons. The van der Waals surface area contributed by atoms with Gasteiger partial charge in [-0.1, -0.05) is 33.6 Å². The van der Waals surface area contributed by atoms with E-state index in [9.17, 15) is 9.59 Å². The highest BCUT2D eigenvalue weighted by molar-refractivity contribution is 6.74. The topological polar surface area (TPSA) is 43.4 Å². The molecule has 0 N–H and O–H groups in total. The summed E-state index contributed by atoms with van der Waals surface area (Å²) in [7, 11) is -1.83. The van der Waals surface area contributed by atoms with Crippen LogP contribution in [-0.2, 0) is 14.0 Å². The van der Waals surface area contributed by atoms with Crippen molar-refractivity contribution in [3.8, 4) is 0 Å². The van der Waals surface area contributed by atoms with Gasteiger partial charge in [-0.2, -0.15) is 0 Å². The lowest BCUT2D eigenvalue weighted by Gasteiger charge is -2.37. The van der Waals surface area contributed by atoms with Crippen molar-refractivity contribution in [1.82, 2.24) is 0 Å². The van der Waals surface area contributed by atoms with Crippen molar-refractivity contribution in [2.24, 2.45) is 0 Å². The molecule has 23 heavy (non-hydrogen) atoms. The molecule has 1 atom stereocenters. The van der Waals surface area contributed by atoms with Crippen molar-refractivity contribution in [3.63, 3.8) is 0 Å². The second-order valence-electron chi connectivity index (χ2n) is 8.01. The Morgan fingerprint density at radius 3 is 2.43 bits per heavy atom. The van der Waals surface area contributed by atoms with E-state index in [0.29, 0.717) is 12.8 Å². The van der Waals surface area contributed by atoms with Gasteiger partial charge in [0.05, 0.1) is 6.10 Å². The van der Waals surface area contributed by atoms with Gasteiger partial charge in [0, 0.05) is 12.8 Å². The van der Waals surface area contributed by atoms with Crippen molar-refractivity contribution in [2.45, 2.75) is 90.0 Å². The molecule has 0 spiro atoms. The van der Waals surface area contributed by atoms with E-state index in [4.69, 9.17) is 16.0 Å². The average molecular weight is 359 g/mol. The SMILES string of the molecule is CC(C)(C)[Si](C)(C)OC1C=C(CCCCCCC(=O)Cl)C(=O)C1. The first-order chi connectivity index (χ1) is 10.5. The van der Waals surface area contributed by atoms with E-state index in [-0.39, 0.29) is 22.2 Å². The summed E-state index contributed by atoms with van der Waals surface area (Å²) in [4.78, 5) is 22.8. The van der Waals surface area contributed by atoms with Crippen LogP contribution in [0.5, 0.6) is 0 Å². The second kappa shape index (κ2) is 8.59. The standard InChI is InChI=1S/C18H31ClO3Si/c1-18(2,3)23(4,5)22-15-12-14(16(20)13-15)10-8-6-7-9-11-17(19)21/h12,15H,6-11,13H2,1-5H3. The summed E-state index contributed by atoms with van der Waals surface area (Å²) in [6.07, 6.45) is 7.64. The van der Waals surface area contributed by atoms with E-state index in [1.807, 2.05) is 6.08 Å². The number of unbranched alkanes of at least 4 members (excludes halogenated alkanes) is 3. The number of hydrogen-bond acceptors (Lipinski definition) is 3. The maximum atomic E-state index is 12.1. The van der Waals surface area contributed by atoms with Gasteiger partial charge in [-0.15, -0.1) is 0 Å². The highest BCUT2D eigenvalue weighted by atomic mass is 35.5. The minimum absolute atomic E-state index is 0.0349. The number of allylic oxidation sites excluding steroid dienone is 1. The fraction of sp³-hybridized carbons (Fsp3) is 0.778. The van der Waals surface area contributed by atoms with Crippen LogP contribution < -0.4 is 0 Å². The zero-order chi connectivity index (χ0) is 17.7. The van der Waals surface area contributed by atoms with Crippen LogP contribution in [-0.4, -0.2) is 25.4 Å². The predicted molar refractivity (Wildman–Crippen MR) is 98.3 cm³/mol. The molecule has 0 heterocycles. The number of rotatable bonds is 9. The molecular formula is C18H31ClO3Si. The quantitative estimate of drug-likeness (QED) is 0.315. The van der Waals surface area contributed by atoms with Crippen LogP contribution in [0.25, 0.3) is 0 Å². The minimum atomic E-state index is -1.83. The molecule has 1 aliphatic carbocycles. The zero-order valence-electron chi connectivity index (χ0n) is 15.2. The highest BCUT2D eigenvalue weighted by Crippen LogP contribution is 2.39. The summed E-state index contributed by atoms with van der Waals surface area (Å²) >= 11 is 5.31. The molecule has 3 nitrogen and oxygen atoms in total. The molecule has 1 aliphatic rings. The van der Waals surface area contributed by atoms with Crippen LogP contribution in [0.15, 0.2) is 11.6 Å². The molecule has 132 valence electrons. The van der Waals surface area contributed by atoms with Gasteiger partial charge in [-0.3, -0.25) is 9.59 Å². The number of carbonyl (C=O) groups is 2. The van der Waals surface area contributed by atoms with Gasteiger partial charge in [-0.25, -0.2) is 0 Å². The van der Waals surface area contributed by atoms with Crippen LogP contribution in [0.1, 0.15) is 65.7 Å². The molecule has 1 rings (SSSR count). The van der Waals surface area contributed by atoms with E-state index in [0.717, 1.165) is 37.7 Å². The van der Waals surface area contributed by atoms with Gasteiger partial charge in [0.25, 0.3) is 0 Å². The second-order valence-corrected chi connectivity index (χ2v) is 13.2. The third-order valence-corrected chi connectivity index (χ3v) is 9.65. The smallest absolute Gasteiger partial charge is 0.221 e. The molecule has 5 heteroatoms. The van der Waals surface area contributed by atoms with Gasteiger partial charge >= 0.3 is 0 Å². The first-order valence-corrected chi connectivity index (χ1v) is 11.9. The van der Waals surface area contributed by atoms with Crippen molar-refractivity contribution >= 4 is 30.9 Å². The van der Waals surface area contributed by atoms with Crippen molar-refractivity contribution in [2.75, 3.05) is 0 Å². The third-order valence-electron chi connectivity index (χ3n) is 4.95. The molecular weight excluding hydrogens is 328 g/mol. The lowest BCUT2D eigenvalue weighted by atomic mass is 10.0. The van der Waals surface area contributed by atoms with Crippen LogP contribution in [0.4, 0.5) is 0 Å². The Kier molecular flexibility index (Phi) is 7.69. The molecule has 0 aromatic carbocycles. The van der Waals surface area contributed by atoms with E-state index in [2.05, 4.69) is 33.9 Å². The average Bonchev–Trinajstić information content (AvgIpc) is 2.71. The van der Waals surface area contributed by atoms with Crippen LogP contribution in [0, 0.1) is 0 Å². The molecule has 0 aliphatic heterocycles.